The molecule has 0 radical (unpaired) electrons. The average molecular weight is 319 g/mol. The van der Waals surface area contributed by atoms with Gasteiger partial charge in [-0.25, -0.2) is 0 Å². The summed E-state index contributed by atoms with van der Waals surface area (Å²) < 4.78 is 0. The van der Waals surface area contributed by atoms with Crippen LogP contribution in [0.2, 0.25) is 5.02 Å². The first-order chi connectivity index (χ1) is 10.6. The second-order valence-electron chi connectivity index (χ2n) is 5.99. The number of allylic oxidation sites excluding steroid dienone is 2. The molecule has 1 saturated carbocycles. The normalized spacial score (nSPS) is 28.8. The predicted octanol–water partition coefficient (Wildman–Crippen LogP) is 1.19. The van der Waals surface area contributed by atoms with E-state index >= 15 is 0 Å². The van der Waals surface area contributed by atoms with Gasteiger partial charge in [0.1, 0.15) is 0 Å². The van der Waals surface area contributed by atoms with Gasteiger partial charge in [-0.05, 0) is 42.4 Å². The first-order valence-electron chi connectivity index (χ1n) is 7.47. The molecule has 1 aromatic rings. The van der Waals surface area contributed by atoms with Crippen LogP contribution in [0.3, 0.4) is 0 Å². The number of nitrogens with one attached hydrogen (secondary N) is 1. The number of carbonyl (C=O) groups is 2. The van der Waals surface area contributed by atoms with Crippen molar-refractivity contribution in [3.63, 3.8) is 0 Å². The van der Waals surface area contributed by atoms with Crippen LogP contribution in [0.1, 0.15) is 12.0 Å². The van der Waals surface area contributed by atoms with Crippen molar-refractivity contribution < 1.29 is 14.7 Å². The quantitative estimate of drug-likeness (QED) is 0.829. The summed E-state index contributed by atoms with van der Waals surface area (Å²) in [6.07, 6.45) is 5.27. The molecule has 22 heavy (non-hydrogen) atoms. The van der Waals surface area contributed by atoms with Crippen molar-refractivity contribution in [2.45, 2.75) is 12.8 Å². The van der Waals surface area contributed by atoms with Crippen molar-refractivity contribution in [2.24, 2.45) is 23.7 Å². The highest BCUT2D eigenvalue weighted by Crippen LogP contribution is 2.47. The molecule has 2 aliphatic carbocycles. The zero-order valence-electron chi connectivity index (χ0n) is 12.0. The topological polar surface area (TPSA) is 69.2 Å². The molecule has 3 rings (SSSR count). The highest BCUT2D eigenvalue weighted by molar-refractivity contribution is 6.30. The molecule has 1 aromatic carbocycles. The lowest BCUT2D eigenvalue weighted by Gasteiger charge is -2.27. The predicted molar refractivity (Wildman–Crippen MR) is 80.9 cm³/mol. The Bertz CT molecular complexity index is 628. The summed E-state index contributed by atoms with van der Waals surface area (Å²) in [6.45, 7) is 0.469. The Labute approximate surface area is 134 Å². The molecule has 116 valence electrons. The number of rotatable bonds is 5. The van der Waals surface area contributed by atoms with Crippen LogP contribution < -0.4 is 10.4 Å². The van der Waals surface area contributed by atoms with Gasteiger partial charge in [0, 0.05) is 23.5 Å². The molecule has 1 amide bonds. The third-order valence-corrected chi connectivity index (χ3v) is 4.87. The SMILES string of the molecule is O=C([O-])[C@@H]1[C@H](C(=O)NCCc2cccc(Cl)c2)[C@@H]2C=C[C@H]1C2. The van der Waals surface area contributed by atoms with Crippen LogP contribution in [0.5, 0.6) is 0 Å². The molecule has 2 aliphatic rings. The summed E-state index contributed by atoms with van der Waals surface area (Å²) in [5, 5.41) is 14.8. The molecule has 0 saturated heterocycles. The van der Waals surface area contributed by atoms with Crippen LogP contribution in [0.25, 0.3) is 0 Å². The van der Waals surface area contributed by atoms with Gasteiger partial charge in [0.15, 0.2) is 0 Å². The molecule has 4 atom stereocenters. The molecule has 0 aliphatic heterocycles. The fourth-order valence-electron chi connectivity index (χ4n) is 3.64. The second kappa shape index (κ2) is 6.13. The number of amides is 1. The molecular weight excluding hydrogens is 302 g/mol. The second-order valence-corrected chi connectivity index (χ2v) is 6.43. The number of benzene rings is 1. The van der Waals surface area contributed by atoms with Crippen molar-refractivity contribution in [1.29, 1.82) is 0 Å². The van der Waals surface area contributed by atoms with Crippen LogP contribution in [0.4, 0.5) is 0 Å². The molecule has 1 fully saturated rings. The Morgan fingerprint density at radius 1 is 1.23 bits per heavy atom. The van der Waals surface area contributed by atoms with Gasteiger partial charge in [-0.1, -0.05) is 35.9 Å². The summed E-state index contributed by atoms with van der Waals surface area (Å²) in [4.78, 5) is 23.6. The van der Waals surface area contributed by atoms with Gasteiger partial charge in [-0.3, -0.25) is 4.79 Å². The minimum absolute atomic E-state index is 0.0269. The number of carbonyl (C=O) groups excluding carboxylic acids is 2. The van der Waals surface area contributed by atoms with Gasteiger partial charge in [0.2, 0.25) is 5.91 Å². The molecule has 2 bridgehead atoms. The van der Waals surface area contributed by atoms with E-state index in [1.165, 1.54) is 0 Å². The summed E-state index contributed by atoms with van der Waals surface area (Å²) in [5.41, 5.74) is 1.04. The maximum absolute atomic E-state index is 12.3. The van der Waals surface area contributed by atoms with E-state index in [0.717, 1.165) is 12.0 Å². The molecule has 0 unspecified atom stereocenters. The number of fused-ring (bicyclic) bond motifs is 2. The van der Waals surface area contributed by atoms with Crippen molar-refractivity contribution in [1.82, 2.24) is 5.32 Å². The van der Waals surface area contributed by atoms with E-state index in [1.807, 2.05) is 30.4 Å². The molecule has 4 nitrogen and oxygen atoms in total. The smallest absolute Gasteiger partial charge is 0.224 e. The van der Waals surface area contributed by atoms with Gasteiger partial charge in [0.25, 0.3) is 0 Å². The molecule has 0 spiro atoms. The van der Waals surface area contributed by atoms with Crippen LogP contribution >= 0.6 is 11.6 Å². The standard InChI is InChI=1S/C17H18ClNO3/c18-13-3-1-2-10(8-13)6-7-19-16(20)14-11-4-5-12(9-11)15(14)17(21)22/h1-5,8,11-12,14-15H,6-7,9H2,(H,19,20)(H,21,22)/p-1/t11-,12+,14-,15+/m1/s1. The molecule has 5 heteroatoms. The van der Waals surface area contributed by atoms with Crippen molar-refractivity contribution in [3.05, 3.63) is 47.0 Å². The van der Waals surface area contributed by atoms with Gasteiger partial charge in [0.05, 0.1) is 5.92 Å². The summed E-state index contributed by atoms with van der Waals surface area (Å²) in [6, 6.07) is 7.47. The fourth-order valence-corrected chi connectivity index (χ4v) is 3.85. The maximum Gasteiger partial charge on any atom is 0.224 e. The van der Waals surface area contributed by atoms with E-state index in [9.17, 15) is 14.7 Å². The minimum atomic E-state index is -1.12. The van der Waals surface area contributed by atoms with Crippen LogP contribution in [0.15, 0.2) is 36.4 Å². The lowest BCUT2D eigenvalue weighted by Crippen LogP contribution is -2.45. The molecule has 1 N–H and O–H groups in total. The van der Waals surface area contributed by atoms with Crippen LogP contribution in [-0.4, -0.2) is 18.4 Å². The van der Waals surface area contributed by atoms with Gasteiger partial charge in [-0.2, -0.15) is 0 Å². The summed E-state index contributed by atoms with van der Waals surface area (Å²) in [7, 11) is 0. The van der Waals surface area contributed by atoms with E-state index in [4.69, 9.17) is 11.6 Å². The van der Waals surface area contributed by atoms with Crippen LogP contribution in [0, 0.1) is 23.7 Å². The number of hydrogen-bond donors (Lipinski definition) is 1. The first-order valence-corrected chi connectivity index (χ1v) is 7.85. The molecule has 0 aromatic heterocycles. The monoisotopic (exact) mass is 318 g/mol. The van der Waals surface area contributed by atoms with Crippen molar-refractivity contribution in [2.75, 3.05) is 6.54 Å². The third-order valence-electron chi connectivity index (χ3n) is 4.64. The van der Waals surface area contributed by atoms with Gasteiger partial charge < -0.3 is 15.2 Å². The Hall–Kier alpha value is -1.81. The molecule has 0 heterocycles. The summed E-state index contributed by atoms with van der Waals surface area (Å²) >= 11 is 5.92. The Kier molecular flexibility index (Phi) is 4.21. The van der Waals surface area contributed by atoms with Gasteiger partial charge in [-0.15, -0.1) is 0 Å². The van der Waals surface area contributed by atoms with Gasteiger partial charge >= 0.3 is 0 Å². The highest BCUT2D eigenvalue weighted by atomic mass is 35.5. The summed E-state index contributed by atoms with van der Waals surface area (Å²) in [5.74, 6) is -2.53. The zero-order valence-corrected chi connectivity index (χ0v) is 12.8. The molecular formula is C17H17ClNO3-. The Morgan fingerprint density at radius 3 is 2.64 bits per heavy atom. The van der Waals surface area contributed by atoms with E-state index in [-0.39, 0.29) is 17.7 Å². The Balaban J connectivity index is 1.58. The van der Waals surface area contributed by atoms with E-state index in [0.29, 0.717) is 18.0 Å². The first kappa shape index (κ1) is 15.1. The van der Waals surface area contributed by atoms with Crippen LogP contribution in [-0.2, 0) is 16.0 Å². The fraction of sp³-hybridized carbons (Fsp3) is 0.412. The third kappa shape index (κ3) is 2.88. The number of hydrogen-bond acceptors (Lipinski definition) is 3. The number of carboxylic acid groups (broad SMARTS) is 1. The largest absolute Gasteiger partial charge is 0.550 e. The van der Waals surface area contributed by atoms with Crippen molar-refractivity contribution in [3.8, 4) is 0 Å². The highest BCUT2D eigenvalue weighted by Gasteiger charge is 2.48. The van der Waals surface area contributed by atoms with E-state index in [2.05, 4.69) is 5.32 Å². The number of aliphatic carboxylic acids is 1. The number of halogens is 1. The Morgan fingerprint density at radius 2 is 1.95 bits per heavy atom. The maximum atomic E-state index is 12.3. The van der Waals surface area contributed by atoms with E-state index in [1.54, 1.807) is 6.07 Å². The average Bonchev–Trinajstić information content (AvgIpc) is 3.07. The lowest BCUT2D eigenvalue weighted by atomic mass is 9.82. The number of carboxylic acids is 1. The van der Waals surface area contributed by atoms with E-state index < -0.39 is 17.8 Å². The minimum Gasteiger partial charge on any atom is -0.550 e. The zero-order chi connectivity index (χ0) is 15.7. The van der Waals surface area contributed by atoms with Crippen molar-refractivity contribution >= 4 is 23.5 Å². The lowest BCUT2D eigenvalue weighted by molar-refractivity contribution is -0.313.